The highest BCUT2D eigenvalue weighted by Crippen LogP contribution is 2.37. The van der Waals surface area contributed by atoms with Crippen molar-refractivity contribution in [1.29, 1.82) is 0 Å². The number of hydrogen-bond donors (Lipinski definition) is 0. The number of nitrogens with zero attached hydrogens (tertiary/aromatic N) is 4. The van der Waals surface area contributed by atoms with E-state index in [9.17, 15) is 4.79 Å². The number of thiazole rings is 1. The Balaban J connectivity index is 1.41. The molecule has 0 saturated heterocycles. The molecule has 0 bridgehead atoms. The molecule has 2 aromatic heterocycles. The summed E-state index contributed by atoms with van der Waals surface area (Å²) < 4.78 is 0.879. The fraction of sp³-hybridized carbons (Fsp3) is 0.333. The van der Waals surface area contributed by atoms with E-state index in [1.54, 1.807) is 23.1 Å². The molecule has 0 N–H and O–H groups in total. The van der Waals surface area contributed by atoms with E-state index in [-0.39, 0.29) is 5.91 Å². The van der Waals surface area contributed by atoms with Crippen molar-refractivity contribution in [1.82, 2.24) is 15.2 Å². The first-order valence-corrected chi connectivity index (χ1v) is 11.2. The fourth-order valence-corrected chi connectivity index (χ4v) is 5.30. The Labute approximate surface area is 164 Å². The number of benzene rings is 1. The number of carbonyl (C=O) groups is 1. The predicted molar refractivity (Wildman–Crippen MR) is 108 cm³/mol. The van der Waals surface area contributed by atoms with Gasteiger partial charge in [0.05, 0.1) is 5.69 Å². The highest BCUT2D eigenvalue weighted by atomic mass is 32.2. The summed E-state index contributed by atoms with van der Waals surface area (Å²) in [6.45, 7) is 1.89. The molecule has 4 rings (SSSR count). The van der Waals surface area contributed by atoms with Gasteiger partial charge in [0.1, 0.15) is 5.01 Å². The zero-order valence-electron chi connectivity index (χ0n) is 14.3. The summed E-state index contributed by atoms with van der Waals surface area (Å²) in [5.74, 6) is 0.885. The van der Waals surface area contributed by atoms with Crippen molar-refractivity contribution >= 4 is 45.5 Å². The van der Waals surface area contributed by atoms with Gasteiger partial charge in [0.25, 0.3) is 0 Å². The molecular weight excluding hydrogens is 384 g/mol. The molecule has 1 amide bonds. The van der Waals surface area contributed by atoms with E-state index in [0.29, 0.717) is 12.5 Å². The van der Waals surface area contributed by atoms with Gasteiger partial charge < -0.3 is 0 Å². The van der Waals surface area contributed by atoms with Crippen LogP contribution in [0.5, 0.6) is 0 Å². The van der Waals surface area contributed by atoms with Crippen molar-refractivity contribution in [2.45, 2.75) is 42.3 Å². The molecule has 0 aliphatic heterocycles. The van der Waals surface area contributed by atoms with Crippen LogP contribution < -0.4 is 4.90 Å². The second-order valence-corrected chi connectivity index (χ2v) is 9.03. The number of aromatic nitrogens is 3. The van der Waals surface area contributed by atoms with Crippen molar-refractivity contribution in [2.75, 3.05) is 4.90 Å². The fourth-order valence-electron chi connectivity index (χ4n) is 2.55. The molecule has 0 atom stereocenters. The highest BCUT2D eigenvalue weighted by Gasteiger charge is 2.35. The molecule has 0 unspecified atom stereocenters. The number of amides is 1. The van der Waals surface area contributed by atoms with Crippen LogP contribution in [0.4, 0.5) is 5.13 Å². The van der Waals surface area contributed by atoms with Gasteiger partial charge in [-0.2, -0.15) is 0 Å². The molecule has 1 aliphatic rings. The molecule has 5 nitrogen and oxygen atoms in total. The Kier molecular flexibility index (Phi) is 5.33. The van der Waals surface area contributed by atoms with Crippen LogP contribution in [-0.2, 0) is 10.5 Å². The van der Waals surface area contributed by atoms with Gasteiger partial charge in [-0.15, -0.1) is 21.5 Å². The van der Waals surface area contributed by atoms with Gasteiger partial charge in [-0.1, -0.05) is 60.4 Å². The number of carbonyl (C=O) groups excluding carboxylic acids is 1. The molecule has 8 heteroatoms. The van der Waals surface area contributed by atoms with Gasteiger partial charge in [-0.05, 0) is 12.8 Å². The molecule has 2 heterocycles. The maximum atomic E-state index is 12.2. The van der Waals surface area contributed by atoms with E-state index < -0.39 is 0 Å². The van der Waals surface area contributed by atoms with Crippen LogP contribution in [0, 0.1) is 0 Å². The number of hydrogen-bond acceptors (Lipinski definition) is 7. The predicted octanol–water partition coefficient (Wildman–Crippen LogP) is 4.86. The Morgan fingerprint density at radius 1 is 1.27 bits per heavy atom. The summed E-state index contributed by atoms with van der Waals surface area (Å²) in [7, 11) is 0. The number of rotatable bonds is 7. The largest absolute Gasteiger partial charge is 0.284 e. The first kappa shape index (κ1) is 17.6. The summed E-state index contributed by atoms with van der Waals surface area (Å²) in [5, 5.41) is 12.4. The number of anilines is 1. The Morgan fingerprint density at radius 3 is 2.81 bits per heavy atom. The Bertz CT molecular complexity index is 889. The zero-order valence-corrected chi connectivity index (χ0v) is 16.7. The van der Waals surface area contributed by atoms with E-state index >= 15 is 0 Å². The van der Waals surface area contributed by atoms with Crippen LogP contribution in [-0.4, -0.2) is 27.1 Å². The summed E-state index contributed by atoms with van der Waals surface area (Å²) in [6, 6.07) is 10.5. The van der Waals surface area contributed by atoms with Crippen LogP contribution >= 0.6 is 34.4 Å². The van der Waals surface area contributed by atoms with Gasteiger partial charge in [0.2, 0.25) is 11.0 Å². The summed E-state index contributed by atoms with van der Waals surface area (Å²) in [5.41, 5.74) is 2.18. The Hall–Kier alpha value is -1.77. The highest BCUT2D eigenvalue weighted by molar-refractivity contribution is 8.00. The van der Waals surface area contributed by atoms with E-state index in [1.807, 2.05) is 30.0 Å². The quantitative estimate of drug-likeness (QED) is 0.417. The minimum absolute atomic E-state index is 0.132. The molecule has 1 saturated carbocycles. The third-order valence-electron chi connectivity index (χ3n) is 4.00. The lowest BCUT2D eigenvalue weighted by Crippen LogP contribution is -2.32. The normalized spacial score (nSPS) is 13.7. The van der Waals surface area contributed by atoms with Crippen LogP contribution in [0.15, 0.2) is 40.1 Å². The smallest absolute Gasteiger partial charge is 0.228 e. The molecular formula is C18H18N4OS3. The lowest BCUT2D eigenvalue weighted by Gasteiger charge is -2.17. The van der Waals surface area contributed by atoms with Crippen molar-refractivity contribution in [3.8, 4) is 10.6 Å². The minimum atomic E-state index is 0.132. The van der Waals surface area contributed by atoms with E-state index in [4.69, 9.17) is 4.98 Å². The van der Waals surface area contributed by atoms with Crippen LogP contribution in [0.2, 0.25) is 0 Å². The summed E-state index contributed by atoms with van der Waals surface area (Å²) >= 11 is 4.78. The first-order valence-electron chi connectivity index (χ1n) is 8.52. The lowest BCUT2D eigenvalue weighted by molar-refractivity contribution is -0.118. The van der Waals surface area contributed by atoms with Crippen molar-refractivity contribution < 1.29 is 4.79 Å². The van der Waals surface area contributed by atoms with Crippen molar-refractivity contribution in [3.63, 3.8) is 0 Å². The van der Waals surface area contributed by atoms with E-state index in [0.717, 1.165) is 44.3 Å². The van der Waals surface area contributed by atoms with Crippen LogP contribution in [0.25, 0.3) is 10.6 Å². The number of thioether (sulfide) groups is 1. The van der Waals surface area contributed by atoms with E-state index in [2.05, 4.69) is 27.7 Å². The molecule has 1 aliphatic carbocycles. The third kappa shape index (κ3) is 3.97. The lowest BCUT2D eigenvalue weighted by atomic mass is 10.2. The average Bonchev–Trinajstić information content (AvgIpc) is 3.20. The molecule has 134 valence electrons. The molecule has 26 heavy (non-hydrogen) atoms. The maximum Gasteiger partial charge on any atom is 0.228 e. The summed E-state index contributed by atoms with van der Waals surface area (Å²) in [4.78, 5) is 18.7. The van der Waals surface area contributed by atoms with Gasteiger partial charge in [0.15, 0.2) is 4.34 Å². The standard InChI is InChI=1S/C18H18N4OS3/c1-2-15(23)22(14-8-9-14)17-20-21-18(26-17)25-11-13-10-24-16(19-13)12-6-4-3-5-7-12/h3-7,10,14H,2,8-9,11H2,1H3. The molecule has 0 spiro atoms. The second kappa shape index (κ2) is 7.85. The molecule has 1 aromatic carbocycles. The van der Waals surface area contributed by atoms with Crippen molar-refractivity contribution in [3.05, 3.63) is 41.4 Å². The SMILES string of the molecule is CCC(=O)N(c1nnc(SCc2csc(-c3ccccc3)n2)s1)C1CC1. The van der Waals surface area contributed by atoms with Gasteiger partial charge in [-0.25, -0.2) is 4.98 Å². The van der Waals surface area contributed by atoms with Crippen LogP contribution in [0.1, 0.15) is 31.9 Å². The van der Waals surface area contributed by atoms with E-state index in [1.165, 1.54) is 11.3 Å². The van der Waals surface area contributed by atoms with Crippen LogP contribution in [0.3, 0.4) is 0 Å². The topological polar surface area (TPSA) is 59.0 Å². The zero-order chi connectivity index (χ0) is 17.9. The summed E-state index contributed by atoms with van der Waals surface area (Å²) in [6.07, 6.45) is 2.63. The van der Waals surface area contributed by atoms with Gasteiger partial charge in [0, 0.05) is 29.2 Å². The Morgan fingerprint density at radius 2 is 2.08 bits per heavy atom. The second-order valence-electron chi connectivity index (χ2n) is 6.00. The monoisotopic (exact) mass is 402 g/mol. The molecule has 1 fully saturated rings. The van der Waals surface area contributed by atoms with Crippen molar-refractivity contribution in [2.24, 2.45) is 0 Å². The van der Waals surface area contributed by atoms with Gasteiger partial charge in [-0.3, -0.25) is 9.69 Å². The first-order chi connectivity index (χ1) is 12.7. The maximum absolute atomic E-state index is 12.2. The minimum Gasteiger partial charge on any atom is -0.284 e. The molecule has 0 radical (unpaired) electrons. The molecule has 3 aromatic rings. The van der Waals surface area contributed by atoms with Gasteiger partial charge >= 0.3 is 0 Å². The third-order valence-corrected chi connectivity index (χ3v) is 7.03. The average molecular weight is 403 g/mol.